The number of halogens is 1. The number of carbonyl (C=O) groups excluding carboxylic acids is 2. The van der Waals surface area contributed by atoms with Gasteiger partial charge < -0.3 is 14.7 Å². The van der Waals surface area contributed by atoms with E-state index in [1.165, 1.54) is 0 Å². The maximum Gasteiger partial charge on any atom is 0.242 e. The SMILES string of the molecule is CCCN(CC(=O)N1CCCN(c2ccc(-c3ccccc3Cl)nn2)CC1)C(=O)C1CC1. The van der Waals surface area contributed by atoms with Gasteiger partial charge in [0.05, 0.1) is 17.3 Å². The minimum Gasteiger partial charge on any atom is -0.353 e. The molecular formula is C24H30ClN5O2. The van der Waals surface area contributed by atoms with Crippen molar-refractivity contribution in [2.45, 2.75) is 32.6 Å². The maximum atomic E-state index is 12.9. The number of carbonyl (C=O) groups is 2. The Morgan fingerprint density at radius 1 is 1.06 bits per heavy atom. The number of anilines is 1. The standard InChI is InChI=1S/C24H30ClN5O2/c1-2-12-30(24(32)18-8-9-18)17-23(31)29-14-5-13-28(15-16-29)22-11-10-21(26-27-22)19-6-3-4-7-20(19)25/h3-4,6-7,10-11,18H,2,5,8-9,12-17H2,1H3. The number of amides is 2. The highest BCUT2D eigenvalue weighted by Crippen LogP contribution is 2.31. The third kappa shape index (κ3) is 5.38. The second kappa shape index (κ2) is 10.3. The van der Waals surface area contributed by atoms with E-state index in [2.05, 4.69) is 15.1 Å². The van der Waals surface area contributed by atoms with Gasteiger partial charge in [0.15, 0.2) is 5.82 Å². The summed E-state index contributed by atoms with van der Waals surface area (Å²) in [5.41, 5.74) is 1.60. The van der Waals surface area contributed by atoms with Crippen LogP contribution < -0.4 is 4.90 Å². The van der Waals surface area contributed by atoms with Gasteiger partial charge in [-0.1, -0.05) is 36.7 Å². The van der Waals surface area contributed by atoms with Crippen LogP contribution in [0, 0.1) is 5.92 Å². The Labute approximate surface area is 194 Å². The van der Waals surface area contributed by atoms with Crippen molar-refractivity contribution in [3.63, 3.8) is 0 Å². The van der Waals surface area contributed by atoms with E-state index in [4.69, 9.17) is 11.6 Å². The molecule has 1 saturated carbocycles. The molecule has 1 saturated heterocycles. The molecule has 32 heavy (non-hydrogen) atoms. The van der Waals surface area contributed by atoms with Crippen molar-refractivity contribution in [2.24, 2.45) is 5.92 Å². The lowest BCUT2D eigenvalue weighted by Crippen LogP contribution is -2.45. The van der Waals surface area contributed by atoms with Crippen molar-refractivity contribution in [3.05, 3.63) is 41.4 Å². The molecule has 170 valence electrons. The van der Waals surface area contributed by atoms with Crippen LogP contribution in [0.1, 0.15) is 32.6 Å². The van der Waals surface area contributed by atoms with Gasteiger partial charge in [0.25, 0.3) is 0 Å². The average Bonchev–Trinajstić information content (AvgIpc) is 3.66. The molecule has 2 amide bonds. The third-order valence-corrected chi connectivity index (χ3v) is 6.36. The number of rotatable bonds is 7. The van der Waals surface area contributed by atoms with Crippen LogP contribution in [0.2, 0.25) is 5.02 Å². The van der Waals surface area contributed by atoms with Crippen LogP contribution in [-0.2, 0) is 9.59 Å². The van der Waals surface area contributed by atoms with E-state index in [1.807, 2.05) is 48.2 Å². The van der Waals surface area contributed by atoms with Crippen molar-refractivity contribution in [3.8, 4) is 11.3 Å². The Hall–Kier alpha value is -2.67. The molecule has 0 radical (unpaired) electrons. The molecule has 1 aromatic carbocycles. The summed E-state index contributed by atoms with van der Waals surface area (Å²) in [7, 11) is 0. The summed E-state index contributed by atoms with van der Waals surface area (Å²) in [5.74, 6) is 1.12. The van der Waals surface area contributed by atoms with Gasteiger partial charge in [0, 0.05) is 44.2 Å². The molecule has 2 aromatic rings. The quantitative estimate of drug-likeness (QED) is 0.639. The van der Waals surface area contributed by atoms with Crippen LogP contribution in [0.3, 0.4) is 0 Å². The molecule has 8 heteroatoms. The molecule has 2 heterocycles. The first-order valence-electron chi connectivity index (χ1n) is 11.5. The van der Waals surface area contributed by atoms with E-state index in [0.717, 1.165) is 49.3 Å². The van der Waals surface area contributed by atoms with Gasteiger partial charge >= 0.3 is 0 Å². The number of hydrogen-bond acceptors (Lipinski definition) is 5. The Bertz CT molecular complexity index is 948. The molecule has 0 unspecified atom stereocenters. The van der Waals surface area contributed by atoms with Crippen LogP contribution in [0.5, 0.6) is 0 Å². The van der Waals surface area contributed by atoms with Crippen LogP contribution in [-0.4, -0.2) is 71.1 Å². The molecule has 0 spiro atoms. The number of aromatic nitrogens is 2. The smallest absolute Gasteiger partial charge is 0.242 e. The molecule has 7 nitrogen and oxygen atoms in total. The molecule has 0 bridgehead atoms. The second-order valence-electron chi connectivity index (χ2n) is 8.51. The zero-order chi connectivity index (χ0) is 22.5. The largest absolute Gasteiger partial charge is 0.353 e. The molecule has 2 aliphatic rings. The van der Waals surface area contributed by atoms with E-state index in [9.17, 15) is 9.59 Å². The summed E-state index contributed by atoms with van der Waals surface area (Å²) >= 11 is 6.27. The minimum atomic E-state index is 0.0365. The fourth-order valence-electron chi connectivity index (χ4n) is 4.09. The zero-order valence-electron chi connectivity index (χ0n) is 18.5. The Morgan fingerprint density at radius 2 is 1.88 bits per heavy atom. The van der Waals surface area contributed by atoms with Crippen LogP contribution in [0.15, 0.2) is 36.4 Å². The summed E-state index contributed by atoms with van der Waals surface area (Å²) < 4.78 is 0. The van der Waals surface area contributed by atoms with Gasteiger partial charge in [-0.2, -0.15) is 0 Å². The van der Waals surface area contributed by atoms with E-state index >= 15 is 0 Å². The van der Waals surface area contributed by atoms with E-state index in [0.29, 0.717) is 31.2 Å². The first-order valence-corrected chi connectivity index (χ1v) is 11.8. The molecule has 2 fully saturated rings. The van der Waals surface area contributed by atoms with Crippen molar-refractivity contribution in [1.29, 1.82) is 0 Å². The molecule has 0 atom stereocenters. The van der Waals surface area contributed by atoms with E-state index < -0.39 is 0 Å². The highest BCUT2D eigenvalue weighted by Gasteiger charge is 2.34. The van der Waals surface area contributed by atoms with Crippen LogP contribution in [0.4, 0.5) is 5.82 Å². The molecule has 0 N–H and O–H groups in total. The lowest BCUT2D eigenvalue weighted by molar-refractivity contribution is -0.141. The summed E-state index contributed by atoms with van der Waals surface area (Å²) in [4.78, 5) is 31.2. The lowest BCUT2D eigenvalue weighted by atomic mass is 10.1. The summed E-state index contributed by atoms with van der Waals surface area (Å²) in [5, 5.41) is 9.43. The fraction of sp³-hybridized carbons (Fsp3) is 0.500. The molecular weight excluding hydrogens is 426 g/mol. The maximum absolute atomic E-state index is 12.9. The van der Waals surface area contributed by atoms with Crippen LogP contribution in [0.25, 0.3) is 11.3 Å². The summed E-state index contributed by atoms with van der Waals surface area (Å²) in [6, 6.07) is 11.5. The number of hydrogen-bond donors (Lipinski definition) is 0. The second-order valence-corrected chi connectivity index (χ2v) is 8.92. The third-order valence-electron chi connectivity index (χ3n) is 6.03. The van der Waals surface area contributed by atoms with Crippen LogP contribution >= 0.6 is 11.6 Å². The molecule has 1 aliphatic carbocycles. The predicted molar refractivity (Wildman–Crippen MR) is 125 cm³/mol. The number of nitrogens with zero attached hydrogens (tertiary/aromatic N) is 5. The Morgan fingerprint density at radius 3 is 2.56 bits per heavy atom. The predicted octanol–water partition coefficient (Wildman–Crippen LogP) is 3.48. The van der Waals surface area contributed by atoms with Gasteiger partial charge in [-0.05, 0) is 43.9 Å². The first kappa shape index (κ1) is 22.5. The van der Waals surface area contributed by atoms with Gasteiger partial charge in [-0.25, -0.2) is 0 Å². The highest BCUT2D eigenvalue weighted by atomic mass is 35.5. The van der Waals surface area contributed by atoms with Gasteiger partial charge in [-0.15, -0.1) is 10.2 Å². The van der Waals surface area contributed by atoms with Crippen molar-refractivity contribution >= 4 is 29.2 Å². The van der Waals surface area contributed by atoms with Crippen molar-refractivity contribution in [1.82, 2.24) is 20.0 Å². The van der Waals surface area contributed by atoms with Gasteiger partial charge in [-0.3, -0.25) is 9.59 Å². The zero-order valence-corrected chi connectivity index (χ0v) is 19.3. The van der Waals surface area contributed by atoms with E-state index in [1.54, 1.807) is 4.90 Å². The normalized spacial score (nSPS) is 16.6. The lowest BCUT2D eigenvalue weighted by Gasteiger charge is -2.27. The Kier molecular flexibility index (Phi) is 7.25. The highest BCUT2D eigenvalue weighted by molar-refractivity contribution is 6.33. The number of benzene rings is 1. The van der Waals surface area contributed by atoms with E-state index in [-0.39, 0.29) is 24.3 Å². The molecule has 1 aromatic heterocycles. The molecule has 4 rings (SSSR count). The fourth-order valence-corrected chi connectivity index (χ4v) is 4.32. The topological polar surface area (TPSA) is 69.6 Å². The van der Waals surface area contributed by atoms with Gasteiger partial charge in [0.1, 0.15) is 0 Å². The average molecular weight is 456 g/mol. The van der Waals surface area contributed by atoms with Crippen molar-refractivity contribution < 1.29 is 9.59 Å². The molecule has 1 aliphatic heterocycles. The summed E-state index contributed by atoms with van der Waals surface area (Å²) in [6.07, 6.45) is 3.64. The van der Waals surface area contributed by atoms with Gasteiger partial charge in [0.2, 0.25) is 11.8 Å². The van der Waals surface area contributed by atoms with Crippen molar-refractivity contribution in [2.75, 3.05) is 44.2 Å². The Balaban J connectivity index is 1.36. The minimum absolute atomic E-state index is 0.0365. The monoisotopic (exact) mass is 455 g/mol. The first-order chi connectivity index (χ1) is 15.6. The summed E-state index contributed by atoms with van der Waals surface area (Å²) in [6.45, 7) is 5.69.